The SMILES string of the molecule is OC1=COC(CCl)=CO1. The van der Waals surface area contributed by atoms with E-state index >= 15 is 0 Å². The van der Waals surface area contributed by atoms with E-state index in [2.05, 4.69) is 4.74 Å². The lowest BCUT2D eigenvalue weighted by atomic mass is 10.6. The number of allylic oxidation sites excluding steroid dienone is 1. The van der Waals surface area contributed by atoms with E-state index in [0.29, 0.717) is 5.76 Å². The zero-order valence-corrected chi connectivity index (χ0v) is 5.26. The van der Waals surface area contributed by atoms with Crippen molar-refractivity contribution in [1.29, 1.82) is 0 Å². The largest absolute Gasteiger partial charge is 0.478 e. The molecule has 0 unspecified atom stereocenters. The highest BCUT2D eigenvalue weighted by Crippen LogP contribution is 2.09. The van der Waals surface area contributed by atoms with E-state index < -0.39 is 0 Å². The van der Waals surface area contributed by atoms with Gasteiger partial charge in [-0.2, -0.15) is 0 Å². The van der Waals surface area contributed by atoms with Gasteiger partial charge in [0.1, 0.15) is 6.26 Å². The van der Waals surface area contributed by atoms with E-state index in [1.165, 1.54) is 6.26 Å². The van der Waals surface area contributed by atoms with Gasteiger partial charge >= 0.3 is 5.95 Å². The molecule has 0 amide bonds. The van der Waals surface area contributed by atoms with E-state index in [1.54, 1.807) is 0 Å². The summed E-state index contributed by atoms with van der Waals surface area (Å²) in [6.45, 7) is 0. The van der Waals surface area contributed by atoms with Crippen molar-refractivity contribution in [2.24, 2.45) is 0 Å². The summed E-state index contributed by atoms with van der Waals surface area (Å²) >= 11 is 5.34. The second kappa shape index (κ2) is 2.64. The van der Waals surface area contributed by atoms with Gasteiger partial charge in [0.05, 0.1) is 5.88 Å². The van der Waals surface area contributed by atoms with Crippen LogP contribution in [0.4, 0.5) is 0 Å². The van der Waals surface area contributed by atoms with Crippen LogP contribution in [0.3, 0.4) is 0 Å². The van der Waals surface area contributed by atoms with Crippen molar-refractivity contribution in [2.75, 3.05) is 5.88 Å². The summed E-state index contributed by atoms with van der Waals surface area (Å²) in [5, 5.41) is 8.55. The molecule has 1 rings (SSSR count). The van der Waals surface area contributed by atoms with E-state index in [9.17, 15) is 0 Å². The minimum Gasteiger partial charge on any atom is -0.478 e. The highest BCUT2D eigenvalue weighted by Gasteiger charge is 2.03. The fourth-order valence-electron chi connectivity index (χ4n) is 0.371. The number of rotatable bonds is 1. The molecule has 0 bridgehead atoms. The second-order valence-electron chi connectivity index (χ2n) is 1.41. The van der Waals surface area contributed by atoms with Crippen molar-refractivity contribution in [2.45, 2.75) is 0 Å². The Morgan fingerprint density at radius 2 is 2.22 bits per heavy atom. The van der Waals surface area contributed by atoms with Crippen molar-refractivity contribution < 1.29 is 14.6 Å². The standard InChI is InChI=1S/C5H5ClO3/c6-1-4-2-9-5(7)3-8-4/h2-3,7H,1H2. The summed E-state index contributed by atoms with van der Waals surface area (Å²) in [7, 11) is 0. The van der Waals surface area contributed by atoms with Crippen molar-refractivity contribution >= 4 is 11.6 Å². The molecule has 0 saturated carbocycles. The Morgan fingerprint density at radius 1 is 1.44 bits per heavy atom. The third-order valence-electron chi connectivity index (χ3n) is 0.754. The zero-order chi connectivity index (χ0) is 6.69. The van der Waals surface area contributed by atoms with Crippen LogP contribution < -0.4 is 0 Å². The summed E-state index contributed by atoms with van der Waals surface area (Å²) in [5.41, 5.74) is 0. The Morgan fingerprint density at radius 3 is 2.67 bits per heavy atom. The average molecular weight is 149 g/mol. The lowest BCUT2D eigenvalue weighted by Crippen LogP contribution is -1.97. The van der Waals surface area contributed by atoms with Crippen molar-refractivity contribution in [3.05, 3.63) is 24.2 Å². The first kappa shape index (κ1) is 6.29. The first-order valence-corrected chi connectivity index (χ1v) is 2.84. The third kappa shape index (κ3) is 1.54. The van der Waals surface area contributed by atoms with Crippen LogP contribution >= 0.6 is 11.6 Å². The molecule has 0 aliphatic carbocycles. The maximum Gasteiger partial charge on any atom is 0.318 e. The molecule has 1 N–H and O–H groups in total. The summed E-state index contributed by atoms with van der Waals surface area (Å²) in [6.07, 6.45) is 2.33. The molecule has 0 saturated heterocycles. The van der Waals surface area contributed by atoms with Crippen molar-refractivity contribution in [3.8, 4) is 0 Å². The van der Waals surface area contributed by atoms with Crippen molar-refractivity contribution in [3.63, 3.8) is 0 Å². The quantitative estimate of drug-likeness (QED) is 0.573. The van der Waals surface area contributed by atoms with E-state index in [4.69, 9.17) is 21.4 Å². The van der Waals surface area contributed by atoms with Crippen LogP contribution in [0.15, 0.2) is 24.2 Å². The number of alkyl halides is 1. The number of aliphatic hydroxyl groups excluding tert-OH is 1. The molecule has 0 aromatic heterocycles. The molecule has 3 nitrogen and oxygen atoms in total. The summed E-state index contributed by atoms with van der Waals surface area (Å²) in [5.74, 6) is 0.461. The summed E-state index contributed by atoms with van der Waals surface area (Å²) in [6, 6.07) is 0. The molecule has 9 heavy (non-hydrogen) atoms. The molecule has 0 spiro atoms. The molecule has 1 heterocycles. The van der Waals surface area contributed by atoms with Gasteiger partial charge in [-0.1, -0.05) is 0 Å². The second-order valence-corrected chi connectivity index (χ2v) is 1.68. The number of aliphatic hydroxyl groups is 1. The zero-order valence-electron chi connectivity index (χ0n) is 4.50. The normalized spacial score (nSPS) is 17.0. The monoisotopic (exact) mass is 148 g/mol. The first-order chi connectivity index (χ1) is 4.33. The van der Waals surface area contributed by atoms with E-state index in [1.807, 2.05) is 0 Å². The molecule has 0 aromatic carbocycles. The van der Waals surface area contributed by atoms with Crippen LogP contribution in [0.5, 0.6) is 0 Å². The number of hydrogen-bond donors (Lipinski definition) is 1. The van der Waals surface area contributed by atoms with Gasteiger partial charge in [-0.25, -0.2) is 0 Å². The molecule has 1 aliphatic heterocycles. The van der Waals surface area contributed by atoms with Crippen LogP contribution in [0.1, 0.15) is 0 Å². The maximum absolute atomic E-state index is 8.55. The van der Waals surface area contributed by atoms with Crippen LogP contribution in [0.25, 0.3) is 0 Å². The van der Waals surface area contributed by atoms with Gasteiger partial charge in [0.15, 0.2) is 12.0 Å². The molecule has 0 radical (unpaired) electrons. The minimum absolute atomic E-state index is 0.240. The minimum atomic E-state index is -0.260. The molecule has 0 atom stereocenters. The van der Waals surface area contributed by atoms with Crippen LogP contribution in [0, 0.1) is 0 Å². The van der Waals surface area contributed by atoms with Gasteiger partial charge in [-0.15, -0.1) is 11.6 Å². The molecule has 0 aromatic rings. The topological polar surface area (TPSA) is 38.7 Å². The number of hydrogen-bond acceptors (Lipinski definition) is 3. The third-order valence-corrected chi connectivity index (χ3v) is 1.02. The number of halogens is 1. The Labute approximate surface area is 57.1 Å². The number of ether oxygens (including phenoxy) is 2. The van der Waals surface area contributed by atoms with E-state index in [0.717, 1.165) is 6.26 Å². The lowest BCUT2D eigenvalue weighted by molar-refractivity contribution is 0.116. The van der Waals surface area contributed by atoms with Crippen LogP contribution in [0.2, 0.25) is 0 Å². The smallest absolute Gasteiger partial charge is 0.318 e. The van der Waals surface area contributed by atoms with Gasteiger partial charge in [-0.3, -0.25) is 0 Å². The fraction of sp³-hybridized carbons (Fsp3) is 0.200. The van der Waals surface area contributed by atoms with E-state index in [-0.39, 0.29) is 11.8 Å². The van der Waals surface area contributed by atoms with Gasteiger partial charge in [-0.05, 0) is 0 Å². The van der Waals surface area contributed by atoms with Gasteiger partial charge in [0.2, 0.25) is 0 Å². The van der Waals surface area contributed by atoms with Crippen molar-refractivity contribution in [1.82, 2.24) is 0 Å². The molecular weight excluding hydrogens is 144 g/mol. The Balaban J connectivity index is 2.48. The predicted octanol–water partition coefficient (Wildman–Crippen LogP) is 1.47. The Kier molecular flexibility index (Phi) is 1.85. The van der Waals surface area contributed by atoms with Gasteiger partial charge in [0, 0.05) is 0 Å². The highest BCUT2D eigenvalue weighted by molar-refractivity contribution is 6.19. The molecule has 4 heteroatoms. The molecular formula is C5H5ClO3. The molecule has 50 valence electrons. The van der Waals surface area contributed by atoms with Gasteiger partial charge in [0.25, 0.3) is 0 Å². The first-order valence-electron chi connectivity index (χ1n) is 2.30. The van der Waals surface area contributed by atoms with Crippen LogP contribution in [-0.2, 0) is 9.47 Å². The molecule has 1 aliphatic rings. The fourth-order valence-corrected chi connectivity index (χ4v) is 0.497. The Bertz CT molecular complexity index is 162. The summed E-state index contributed by atoms with van der Waals surface area (Å²) in [4.78, 5) is 0. The Hall–Kier alpha value is -0.830. The predicted molar refractivity (Wildman–Crippen MR) is 31.7 cm³/mol. The molecule has 0 fully saturated rings. The lowest BCUT2D eigenvalue weighted by Gasteiger charge is -2.07. The summed E-state index contributed by atoms with van der Waals surface area (Å²) < 4.78 is 9.26. The van der Waals surface area contributed by atoms with Crippen LogP contribution in [-0.4, -0.2) is 11.0 Å². The average Bonchev–Trinajstić information content (AvgIpc) is 1.90. The highest BCUT2D eigenvalue weighted by atomic mass is 35.5. The van der Waals surface area contributed by atoms with Gasteiger partial charge < -0.3 is 14.6 Å². The maximum atomic E-state index is 8.55.